The number of aryl methyl sites for hydroxylation is 1. The number of halogens is 1. The molecule has 3 atom stereocenters. The van der Waals surface area contributed by atoms with E-state index in [1.165, 1.54) is 6.07 Å². The van der Waals surface area contributed by atoms with Crippen molar-refractivity contribution in [2.45, 2.75) is 71.0 Å². The summed E-state index contributed by atoms with van der Waals surface area (Å²) < 4.78 is 25.3. The maximum Gasteiger partial charge on any atom is 0.407 e. The number of ether oxygens (including phenoxy) is 2. The predicted molar refractivity (Wildman–Crippen MR) is 167 cm³/mol. The Labute approximate surface area is 254 Å². The number of benzene rings is 2. The molecule has 8 nitrogen and oxygen atoms in total. The van der Waals surface area contributed by atoms with Gasteiger partial charge in [0.1, 0.15) is 0 Å². The molecule has 0 bridgehead atoms. The highest BCUT2D eigenvalue weighted by Crippen LogP contribution is 2.33. The van der Waals surface area contributed by atoms with Gasteiger partial charge in [-0.25, -0.2) is 9.18 Å². The summed E-state index contributed by atoms with van der Waals surface area (Å²) in [6.07, 6.45) is 5.55. The van der Waals surface area contributed by atoms with Crippen LogP contribution in [-0.4, -0.2) is 72.8 Å². The van der Waals surface area contributed by atoms with Gasteiger partial charge in [-0.2, -0.15) is 0 Å². The van der Waals surface area contributed by atoms with Gasteiger partial charge in [0.2, 0.25) is 0 Å². The first-order valence-electron chi connectivity index (χ1n) is 15.3. The summed E-state index contributed by atoms with van der Waals surface area (Å²) in [6.45, 7) is 12.1. The zero-order valence-corrected chi connectivity index (χ0v) is 25.6. The molecule has 0 spiro atoms. The van der Waals surface area contributed by atoms with Crippen LogP contribution in [0.2, 0.25) is 0 Å². The van der Waals surface area contributed by atoms with Crippen molar-refractivity contribution < 1.29 is 23.5 Å². The molecule has 0 unspecified atom stereocenters. The van der Waals surface area contributed by atoms with Crippen LogP contribution in [0, 0.1) is 12.7 Å². The van der Waals surface area contributed by atoms with Gasteiger partial charge in [0.05, 0.1) is 31.0 Å². The first kappa shape index (κ1) is 32.1. The third kappa shape index (κ3) is 8.16. The minimum Gasteiger partial charge on any atom is -0.490 e. The van der Waals surface area contributed by atoms with Crippen LogP contribution in [0.25, 0.3) is 5.70 Å². The Hall–Kier alpha value is -3.85. The lowest BCUT2D eigenvalue weighted by atomic mass is 9.88. The summed E-state index contributed by atoms with van der Waals surface area (Å²) in [6, 6.07) is 14.4. The normalized spacial score (nSPS) is 20.9. The summed E-state index contributed by atoms with van der Waals surface area (Å²) in [5.74, 6) is -0.233. The molecule has 2 aromatic carbocycles. The monoisotopic (exact) mass is 592 g/mol. The van der Waals surface area contributed by atoms with Crippen LogP contribution in [0.1, 0.15) is 57.1 Å². The SMILES string of the molecule is C=CN(/C(=C(\C)C(=O)N1CCNC[C@H]1CCOc1ccc(C)cc1F)c1ccccc1)[C@H]1CCCC[C@@H]1NC(=O)OCC. The number of nitrogens with zero attached hydrogens (tertiary/aromatic N) is 2. The Morgan fingerprint density at radius 2 is 1.95 bits per heavy atom. The molecule has 1 saturated heterocycles. The van der Waals surface area contributed by atoms with Crippen molar-refractivity contribution in [1.29, 1.82) is 0 Å². The van der Waals surface area contributed by atoms with E-state index >= 15 is 0 Å². The van der Waals surface area contributed by atoms with E-state index in [0.29, 0.717) is 38.2 Å². The first-order chi connectivity index (χ1) is 20.8. The fourth-order valence-electron chi connectivity index (χ4n) is 6.12. The number of alkyl carbamates (subject to hydrolysis) is 1. The van der Waals surface area contributed by atoms with Gasteiger partial charge in [-0.05, 0) is 63.1 Å². The van der Waals surface area contributed by atoms with E-state index in [1.54, 1.807) is 19.2 Å². The highest BCUT2D eigenvalue weighted by Gasteiger charge is 2.35. The van der Waals surface area contributed by atoms with E-state index in [9.17, 15) is 14.0 Å². The molecular weight excluding hydrogens is 547 g/mol. The highest BCUT2D eigenvalue weighted by atomic mass is 19.1. The van der Waals surface area contributed by atoms with Crippen molar-refractivity contribution in [3.63, 3.8) is 0 Å². The van der Waals surface area contributed by atoms with Crippen LogP contribution in [0.15, 0.2) is 66.9 Å². The van der Waals surface area contributed by atoms with Crippen molar-refractivity contribution in [3.05, 3.63) is 83.8 Å². The molecule has 2 amide bonds. The minimum atomic E-state index is -0.433. The van der Waals surface area contributed by atoms with E-state index in [-0.39, 0.29) is 42.2 Å². The van der Waals surface area contributed by atoms with Gasteiger partial charge in [0.15, 0.2) is 11.6 Å². The fourth-order valence-corrected chi connectivity index (χ4v) is 6.12. The summed E-state index contributed by atoms with van der Waals surface area (Å²) in [7, 11) is 0. The third-order valence-electron chi connectivity index (χ3n) is 8.25. The third-order valence-corrected chi connectivity index (χ3v) is 8.25. The van der Waals surface area contributed by atoms with Crippen molar-refractivity contribution >= 4 is 17.7 Å². The average molecular weight is 593 g/mol. The molecule has 232 valence electrons. The fraction of sp³-hybridized carbons (Fsp3) is 0.471. The lowest BCUT2D eigenvalue weighted by molar-refractivity contribution is -0.130. The number of carbonyl (C=O) groups is 2. The molecule has 2 aliphatic rings. The van der Waals surface area contributed by atoms with Gasteiger partial charge >= 0.3 is 6.09 Å². The number of rotatable bonds is 11. The minimum absolute atomic E-state index is 0.0653. The number of carbonyl (C=O) groups excluding carboxylic acids is 2. The topological polar surface area (TPSA) is 83.1 Å². The first-order valence-corrected chi connectivity index (χ1v) is 15.3. The van der Waals surface area contributed by atoms with Gasteiger partial charge in [-0.1, -0.05) is 55.8 Å². The molecule has 0 radical (unpaired) electrons. The Morgan fingerprint density at radius 1 is 1.19 bits per heavy atom. The molecule has 0 aromatic heterocycles. The standard InChI is InChI=1S/C34H45FN4O4/c1-5-38(30-15-11-10-14-29(30)37-34(41)42-6-2)32(26-12-8-7-9-13-26)25(4)33(40)39-20-19-36-23-27(39)18-21-43-31-17-16-24(3)22-28(31)35/h5,7-9,12-13,16-17,22,27,29-30,36H,1,6,10-11,14-15,18-21,23H2,2-4H3,(H,37,41)/b32-25+/t27-,29+,30+/m1/s1. The Kier molecular flexibility index (Phi) is 11.6. The van der Waals surface area contributed by atoms with Crippen molar-refractivity contribution in [2.24, 2.45) is 0 Å². The molecule has 1 saturated carbocycles. The van der Waals surface area contributed by atoms with Crippen LogP contribution < -0.4 is 15.4 Å². The molecule has 1 heterocycles. The van der Waals surface area contributed by atoms with Crippen LogP contribution in [-0.2, 0) is 9.53 Å². The van der Waals surface area contributed by atoms with Crippen LogP contribution in [0.4, 0.5) is 9.18 Å². The van der Waals surface area contributed by atoms with E-state index in [0.717, 1.165) is 42.5 Å². The summed E-state index contributed by atoms with van der Waals surface area (Å²) in [4.78, 5) is 30.7. The van der Waals surface area contributed by atoms with Gasteiger partial charge in [0, 0.05) is 37.7 Å². The van der Waals surface area contributed by atoms with E-state index in [1.807, 2.05) is 55.1 Å². The molecule has 2 fully saturated rings. The molecule has 1 aliphatic heterocycles. The van der Waals surface area contributed by atoms with Crippen LogP contribution >= 0.6 is 0 Å². The zero-order chi connectivity index (χ0) is 30.8. The Bertz CT molecular complexity index is 1280. The number of hydrogen-bond acceptors (Lipinski definition) is 6. The zero-order valence-electron chi connectivity index (χ0n) is 25.6. The average Bonchev–Trinajstić information content (AvgIpc) is 3.01. The van der Waals surface area contributed by atoms with Gasteiger partial charge < -0.3 is 29.9 Å². The predicted octanol–water partition coefficient (Wildman–Crippen LogP) is 5.64. The van der Waals surface area contributed by atoms with Crippen LogP contribution in [0.5, 0.6) is 5.75 Å². The van der Waals surface area contributed by atoms with Gasteiger partial charge in [0.25, 0.3) is 5.91 Å². The van der Waals surface area contributed by atoms with E-state index < -0.39 is 6.09 Å². The van der Waals surface area contributed by atoms with Gasteiger partial charge in [-0.15, -0.1) is 0 Å². The number of hydrogen-bond donors (Lipinski definition) is 2. The maximum atomic E-state index is 14.3. The number of amides is 2. The molecule has 9 heteroatoms. The molecule has 1 aliphatic carbocycles. The van der Waals surface area contributed by atoms with Crippen molar-refractivity contribution in [3.8, 4) is 5.75 Å². The summed E-state index contributed by atoms with van der Waals surface area (Å²) >= 11 is 0. The van der Waals surface area contributed by atoms with E-state index in [2.05, 4.69) is 22.1 Å². The molecule has 4 rings (SSSR count). The van der Waals surface area contributed by atoms with Crippen LogP contribution in [0.3, 0.4) is 0 Å². The smallest absolute Gasteiger partial charge is 0.407 e. The molecule has 2 N–H and O–H groups in total. The maximum absolute atomic E-state index is 14.3. The van der Waals surface area contributed by atoms with Gasteiger partial charge in [-0.3, -0.25) is 4.79 Å². The Morgan fingerprint density at radius 3 is 2.67 bits per heavy atom. The second-order valence-electron chi connectivity index (χ2n) is 11.2. The summed E-state index contributed by atoms with van der Waals surface area (Å²) in [5, 5.41) is 6.44. The second kappa shape index (κ2) is 15.6. The Balaban J connectivity index is 1.60. The second-order valence-corrected chi connectivity index (χ2v) is 11.2. The molecular formula is C34H45FN4O4. The van der Waals surface area contributed by atoms with Crippen molar-refractivity contribution in [2.75, 3.05) is 32.8 Å². The van der Waals surface area contributed by atoms with Crippen molar-refractivity contribution in [1.82, 2.24) is 20.4 Å². The number of piperazine rings is 1. The quantitative estimate of drug-likeness (QED) is 0.329. The molecule has 43 heavy (non-hydrogen) atoms. The lowest BCUT2D eigenvalue weighted by Gasteiger charge is -2.42. The number of nitrogens with one attached hydrogen (secondary N) is 2. The lowest BCUT2D eigenvalue weighted by Crippen LogP contribution is -2.55. The highest BCUT2D eigenvalue weighted by molar-refractivity contribution is 6.00. The van der Waals surface area contributed by atoms with E-state index in [4.69, 9.17) is 9.47 Å². The molecule has 2 aromatic rings. The summed E-state index contributed by atoms with van der Waals surface area (Å²) in [5.41, 5.74) is 3.11. The largest absolute Gasteiger partial charge is 0.490 e.